The zero-order chi connectivity index (χ0) is 39.1. The average molecular weight is 733 g/mol. The summed E-state index contributed by atoms with van der Waals surface area (Å²) in [7, 11) is 1.69. The highest BCUT2D eigenvalue weighted by atomic mass is 16.5. The molecule has 0 aromatic heterocycles. The van der Waals surface area contributed by atoms with Gasteiger partial charge in [-0.3, -0.25) is 28.8 Å². The minimum absolute atomic E-state index is 0.0183. The lowest BCUT2D eigenvalue weighted by atomic mass is 10.1. The Bertz CT molecular complexity index is 1210. The largest absolute Gasteiger partial charge is 0.480 e. The maximum Gasteiger partial charge on any atom is 0.326 e. The van der Waals surface area contributed by atoms with Crippen LogP contribution in [0.3, 0.4) is 0 Å². The predicted molar refractivity (Wildman–Crippen MR) is 176 cm³/mol. The van der Waals surface area contributed by atoms with E-state index in [2.05, 4.69) is 31.9 Å². The first-order valence-electron chi connectivity index (χ1n) is 16.5. The first kappa shape index (κ1) is 46.3. The van der Waals surface area contributed by atoms with Gasteiger partial charge in [-0.15, -0.1) is 0 Å². The van der Waals surface area contributed by atoms with Crippen LogP contribution in [0.15, 0.2) is 0 Å². The van der Waals surface area contributed by atoms with Gasteiger partial charge < -0.3 is 57.4 Å². The number of aliphatic carboxylic acids is 3. The van der Waals surface area contributed by atoms with Gasteiger partial charge in [0.05, 0.1) is 6.04 Å². The van der Waals surface area contributed by atoms with Crippen molar-refractivity contribution in [3.8, 4) is 0 Å². The second kappa shape index (κ2) is 25.3. The monoisotopic (exact) mass is 732 g/mol. The smallest absolute Gasteiger partial charge is 0.326 e. The summed E-state index contributed by atoms with van der Waals surface area (Å²) in [5.41, 5.74) is 0. The number of carboxylic acids is 3. The van der Waals surface area contributed by atoms with Crippen LogP contribution in [0, 0.1) is 0 Å². The molecule has 51 heavy (non-hydrogen) atoms. The molecule has 20 heteroatoms. The van der Waals surface area contributed by atoms with E-state index in [1.807, 2.05) is 0 Å². The van der Waals surface area contributed by atoms with Gasteiger partial charge >= 0.3 is 17.9 Å². The Kier molecular flexibility index (Phi) is 23.0. The van der Waals surface area contributed by atoms with Crippen LogP contribution in [-0.4, -0.2) is 129 Å². The van der Waals surface area contributed by atoms with Crippen molar-refractivity contribution in [3.05, 3.63) is 0 Å². The third kappa shape index (κ3) is 22.6. The summed E-state index contributed by atoms with van der Waals surface area (Å²) in [4.78, 5) is 107. The fraction of sp³-hybridized carbons (Fsp3) is 0.710. The molecule has 0 saturated heterocycles. The number of Topliss-reactive ketones (excluding diaryl/α,β-unsaturated/α-hetero) is 1. The molecule has 0 rings (SSSR count). The maximum atomic E-state index is 12.6. The van der Waals surface area contributed by atoms with E-state index in [-0.39, 0.29) is 43.4 Å². The molecule has 0 aliphatic heterocycles. The van der Waals surface area contributed by atoms with Crippen molar-refractivity contribution in [2.45, 2.75) is 127 Å². The Labute approximate surface area is 294 Å². The normalized spacial score (nSPS) is 13.8. The van der Waals surface area contributed by atoms with Gasteiger partial charge in [0.1, 0.15) is 23.9 Å². The molecule has 290 valence electrons. The molecule has 0 aromatic rings. The SMILES string of the molecule is CN[C@@H](CCCCNC(=O)CC[C@@H](CC(O)O)NC(=O)CC[C@H](NC(=O)CC[C@H](NC(=O)CC[C@H](NC(C)=O)C(=O)O)C(=O)O)C(=O)O)C(C)=O. The molecule has 0 bridgehead atoms. The molecule has 20 nitrogen and oxygen atoms in total. The second-order valence-electron chi connectivity index (χ2n) is 11.9. The summed E-state index contributed by atoms with van der Waals surface area (Å²) >= 11 is 0. The highest BCUT2D eigenvalue weighted by Gasteiger charge is 2.26. The van der Waals surface area contributed by atoms with Crippen LogP contribution in [0.4, 0.5) is 0 Å². The van der Waals surface area contributed by atoms with Crippen LogP contribution in [0.25, 0.3) is 0 Å². The topological polar surface area (TPSA) is 327 Å². The summed E-state index contributed by atoms with van der Waals surface area (Å²) in [5, 5.41) is 61.5. The Hall–Kier alpha value is -4.69. The lowest BCUT2D eigenvalue weighted by molar-refractivity contribution is -0.144. The number of ketones is 1. The van der Waals surface area contributed by atoms with Crippen LogP contribution >= 0.6 is 0 Å². The lowest BCUT2D eigenvalue weighted by Crippen LogP contribution is -2.45. The first-order chi connectivity index (χ1) is 23.9. The lowest BCUT2D eigenvalue weighted by Gasteiger charge is -2.21. The van der Waals surface area contributed by atoms with E-state index in [1.165, 1.54) is 6.92 Å². The van der Waals surface area contributed by atoms with Crippen LogP contribution < -0.4 is 31.9 Å². The minimum Gasteiger partial charge on any atom is -0.480 e. The Morgan fingerprint density at radius 2 is 0.961 bits per heavy atom. The van der Waals surface area contributed by atoms with Crippen LogP contribution in [0.2, 0.25) is 0 Å². The number of carbonyl (C=O) groups is 9. The third-order valence-corrected chi connectivity index (χ3v) is 7.58. The fourth-order valence-electron chi connectivity index (χ4n) is 4.83. The van der Waals surface area contributed by atoms with E-state index >= 15 is 0 Å². The minimum atomic E-state index is -1.81. The van der Waals surface area contributed by atoms with Crippen molar-refractivity contribution in [1.82, 2.24) is 31.9 Å². The summed E-state index contributed by atoms with van der Waals surface area (Å²) in [6.45, 7) is 2.93. The second-order valence-corrected chi connectivity index (χ2v) is 11.9. The van der Waals surface area contributed by atoms with Gasteiger partial charge in [-0.25, -0.2) is 14.4 Å². The number of amides is 5. The summed E-state index contributed by atoms with van der Waals surface area (Å²) in [6.07, 6.45) is -2.79. The number of hydrogen-bond donors (Lipinski definition) is 11. The Morgan fingerprint density at radius 1 is 0.529 bits per heavy atom. The standard InChI is InChI=1S/C31H52N6O14/c1-17(38)20(32-3)6-4-5-15-33-24(40)11-7-19(16-28(44)45)35-25(41)12-9-22(30(48)49)36-27(43)14-10-23(31(50)51)37-26(42)13-8-21(29(46)47)34-18(2)39/h19-23,28,32,44-45H,4-16H2,1-3H3,(H,33,40)(H,34,39)(H,35,41)(H,36,43)(H,37,42)(H,46,47)(H,48,49)(H,50,51)/t19-,20-,21-,22-,23-/m0/s1. The molecular weight excluding hydrogens is 680 g/mol. The van der Waals surface area contributed by atoms with E-state index in [1.54, 1.807) is 7.05 Å². The van der Waals surface area contributed by atoms with Gasteiger partial charge in [-0.2, -0.15) is 0 Å². The van der Waals surface area contributed by atoms with Gasteiger partial charge in [0, 0.05) is 51.6 Å². The molecule has 0 aliphatic carbocycles. The van der Waals surface area contributed by atoms with Crippen molar-refractivity contribution in [1.29, 1.82) is 0 Å². The van der Waals surface area contributed by atoms with E-state index in [0.29, 0.717) is 25.8 Å². The van der Waals surface area contributed by atoms with Gasteiger partial charge in [-0.1, -0.05) is 0 Å². The average Bonchev–Trinajstić information content (AvgIpc) is 3.02. The van der Waals surface area contributed by atoms with Crippen LogP contribution in [-0.2, 0) is 43.2 Å². The zero-order valence-electron chi connectivity index (χ0n) is 29.1. The van der Waals surface area contributed by atoms with Gasteiger partial charge in [0.25, 0.3) is 0 Å². The number of likely N-dealkylation sites (N-methyl/N-ethyl adjacent to an activating group) is 1. The summed E-state index contributed by atoms with van der Waals surface area (Å²) in [6, 6.07) is -5.62. The number of nitrogens with one attached hydrogen (secondary N) is 6. The van der Waals surface area contributed by atoms with Crippen molar-refractivity contribution in [2.24, 2.45) is 0 Å². The van der Waals surface area contributed by atoms with Gasteiger partial charge in [0.2, 0.25) is 29.5 Å². The number of rotatable bonds is 28. The molecule has 5 amide bonds. The molecule has 0 radical (unpaired) electrons. The van der Waals surface area contributed by atoms with Gasteiger partial charge in [0.15, 0.2) is 6.29 Å². The molecule has 0 fully saturated rings. The molecule has 0 aromatic carbocycles. The number of carboxylic acid groups (broad SMARTS) is 3. The molecule has 0 saturated carbocycles. The van der Waals surface area contributed by atoms with Gasteiger partial charge in [-0.05, 0) is 58.9 Å². The highest BCUT2D eigenvalue weighted by Crippen LogP contribution is 2.09. The molecule has 0 spiro atoms. The van der Waals surface area contributed by atoms with Crippen molar-refractivity contribution >= 4 is 53.2 Å². The Morgan fingerprint density at radius 3 is 1.35 bits per heavy atom. The number of aliphatic hydroxyl groups excluding tert-OH is 1. The zero-order valence-corrected chi connectivity index (χ0v) is 29.1. The van der Waals surface area contributed by atoms with Crippen molar-refractivity contribution < 1.29 is 68.7 Å². The number of hydrogen-bond acceptors (Lipinski definition) is 12. The molecule has 11 N–H and O–H groups in total. The van der Waals surface area contributed by atoms with Crippen molar-refractivity contribution in [3.63, 3.8) is 0 Å². The first-order valence-corrected chi connectivity index (χ1v) is 16.5. The maximum absolute atomic E-state index is 12.6. The summed E-state index contributed by atoms with van der Waals surface area (Å²) < 4.78 is 0. The highest BCUT2D eigenvalue weighted by molar-refractivity contribution is 5.87. The molecule has 5 atom stereocenters. The number of carbonyl (C=O) groups excluding carboxylic acids is 6. The molecular formula is C31H52N6O14. The van der Waals surface area contributed by atoms with E-state index < -0.39 is 104 Å². The molecule has 0 heterocycles. The third-order valence-electron chi connectivity index (χ3n) is 7.58. The van der Waals surface area contributed by atoms with E-state index in [9.17, 15) is 63.6 Å². The van der Waals surface area contributed by atoms with Crippen LogP contribution in [0.5, 0.6) is 0 Å². The predicted octanol–water partition coefficient (Wildman–Crippen LogP) is -2.52. The molecule has 0 aliphatic rings. The fourth-order valence-corrected chi connectivity index (χ4v) is 4.83. The van der Waals surface area contributed by atoms with Crippen LogP contribution in [0.1, 0.15) is 90.9 Å². The summed E-state index contributed by atoms with van der Waals surface area (Å²) in [5.74, 6) is -7.81. The van der Waals surface area contributed by atoms with E-state index in [4.69, 9.17) is 5.11 Å². The van der Waals surface area contributed by atoms with Crippen molar-refractivity contribution in [2.75, 3.05) is 13.6 Å². The number of unbranched alkanes of at least 4 members (excludes halogenated alkanes) is 1. The molecule has 0 unspecified atom stereocenters. The number of aliphatic hydroxyl groups is 2. The quantitative estimate of drug-likeness (QED) is 0.0292. The van der Waals surface area contributed by atoms with E-state index in [0.717, 1.165) is 6.92 Å². The Balaban J connectivity index is 4.86.